The minimum Gasteiger partial charge on any atom is -0.360 e. The average Bonchev–Trinajstić information content (AvgIpc) is 2.39. The summed E-state index contributed by atoms with van der Waals surface area (Å²) >= 11 is 17.6. The Morgan fingerprint density at radius 1 is 1.20 bits per heavy atom. The van der Waals surface area contributed by atoms with Gasteiger partial charge in [-0.3, -0.25) is 10.1 Å². The Hall–Kier alpha value is -1.56. The fourth-order valence-corrected chi connectivity index (χ4v) is 2.09. The molecule has 0 radical (unpaired) electrons. The third-order valence-corrected chi connectivity index (χ3v) is 3.31. The highest BCUT2D eigenvalue weighted by molar-refractivity contribution is 6.33. The molecule has 0 unspecified atom stereocenters. The zero-order valence-corrected chi connectivity index (χ0v) is 12.2. The molecule has 20 heavy (non-hydrogen) atoms. The predicted octanol–water partition coefficient (Wildman–Crippen LogP) is 4.56. The molecule has 1 aromatic carbocycles. The van der Waals surface area contributed by atoms with Gasteiger partial charge in [0, 0.05) is 22.7 Å². The van der Waals surface area contributed by atoms with Crippen molar-refractivity contribution in [3.8, 4) is 0 Å². The molecule has 0 aliphatic rings. The molecule has 1 N–H and O–H groups in total. The Balaban J connectivity index is 2.24. The fourth-order valence-electron chi connectivity index (χ4n) is 1.56. The number of pyridine rings is 1. The molecule has 0 amide bonds. The van der Waals surface area contributed by atoms with E-state index in [0.29, 0.717) is 15.6 Å². The van der Waals surface area contributed by atoms with Crippen LogP contribution in [0.3, 0.4) is 0 Å². The highest BCUT2D eigenvalue weighted by Crippen LogP contribution is 2.26. The van der Waals surface area contributed by atoms with Crippen LogP contribution < -0.4 is 5.32 Å². The number of aromatic nitrogens is 1. The molecule has 0 saturated heterocycles. The van der Waals surface area contributed by atoms with Gasteiger partial charge in [-0.15, -0.1) is 0 Å². The van der Waals surface area contributed by atoms with Crippen molar-refractivity contribution in [1.29, 1.82) is 0 Å². The molecule has 104 valence electrons. The van der Waals surface area contributed by atoms with Crippen molar-refractivity contribution in [3.05, 3.63) is 61.2 Å². The zero-order chi connectivity index (χ0) is 14.7. The summed E-state index contributed by atoms with van der Waals surface area (Å²) in [7, 11) is 0. The topological polar surface area (TPSA) is 68.1 Å². The number of rotatable bonds is 4. The summed E-state index contributed by atoms with van der Waals surface area (Å²) in [6.07, 6.45) is 0. The third kappa shape index (κ3) is 3.50. The van der Waals surface area contributed by atoms with Crippen LogP contribution in [0.15, 0.2) is 30.3 Å². The van der Waals surface area contributed by atoms with Crippen molar-refractivity contribution >= 4 is 46.3 Å². The maximum atomic E-state index is 10.9. The fraction of sp³-hybridized carbons (Fsp3) is 0.0833. The molecule has 0 fully saturated rings. The van der Waals surface area contributed by atoms with Crippen LogP contribution in [-0.2, 0) is 6.54 Å². The quantitative estimate of drug-likeness (QED) is 0.506. The molecule has 2 aromatic rings. The Bertz CT molecular complexity index is 664. The first kappa shape index (κ1) is 14.8. The van der Waals surface area contributed by atoms with Crippen molar-refractivity contribution < 1.29 is 4.92 Å². The predicted molar refractivity (Wildman–Crippen MR) is 79.7 cm³/mol. The highest BCUT2D eigenvalue weighted by Gasteiger charge is 2.15. The summed E-state index contributed by atoms with van der Waals surface area (Å²) in [6, 6.07) is 7.63. The van der Waals surface area contributed by atoms with Crippen LogP contribution >= 0.6 is 34.8 Å². The molecule has 0 aliphatic heterocycles. The Kier molecular flexibility index (Phi) is 4.65. The van der Waals surface area contributed by atoms with Crippen LogP contribution in [0.4, 0.5) is 11.5 Å². The second kappa shape index (κ2) is 6.26. The minimum atomic E-state index is -0.536. The molecular weight excluding hydrogens is 325 g/mol. The van der Waals surface area contributed by atoms with Gasteiger partial charge in [0.05, 0.1) is 4.92 Å². The Morgan fingerprint density at radius 2 is 1.95 bits per heavy atom. The summed E-state index contributed by atoms with van der Waals surface area (Å²) in [6.45, 7) is 0.244. The molecule has 0 spiro atoms. The van der Waals surface area contributed by atoms with E-state index in [-0.39, 0.29) is 23.2 Å². The number of halogens is 3. The molecule has 1 aromatic heterocycles. The summed E-state index contributed by atoms with van der Waals surface area (Å²) < 4.78 is 0. The van der Waals surface area contributed by atoms with Gasteiger partial charge in [-0.05, 0) is 29.8 Å². The normalized spacial score (nSPS) is 10.3. The van der Waals surface area contributed by atoms with Gasteiger partial charge >= 0.3 is 5.69 Å². The first-order chi connectivity index (χ1) is 9.47. The van der Waals surface area contributed by atoms with E-state index < -0.39 is 4.92 Å². The number of benzene rings is 1. The number of nitro groups is 1. The van der Waals surface area contributed by atoms with Crippen molar-refractivity contribution in [2.75, 3.05) is 5.32 Å². The van der Waals surface area contributed by atoms with Gasteiger partial charge < -0.3 is 5.32 Å². The summed E-state index contributed by atoms with van der Waals surface area (Å²) in [5, 5.41) is 14.9. The second-order valence-corrected chi connectivity index (χ2v) is 5.08. The van der Waals surface area contributed by atoms with Crippen molar-refractivity contribution in [3.63, 3.8) is 0 Å². The van der Waals surface area contributed by atoms with Crippen molar-refractivity contribution in [2.24, 2.45) is 0 Å². The smallest absolute Gasteiger partial charge is 0.311 e. The van der Waals surface area contributed by atoms with Crippen LogP contribution in [0.25, 0.3) is 0 Å². The van der Waals surface area contributed by atoms with Gasteiger partial charge in [-0.2, -0.15) is 0 Å². The van der Waals surface area contributed by atoms with Crippen molar-refractivity contribution in [1.82, 2.24) is 4.98 Å². The van der Waals surface area contributed by atoms with E-state index in [4.69, 9.17) is 34.8 Å². The minimum absolute atomic E-state index is 0.0820. The monoisotopic (exact) mass is 331 g/mol. The summed E-state index contributed by atoms with van der Waals surface area (Å²) in [5.41, 5.74) is 0.544. The van der Waals surface area contributed by atoms with Crippen LogP contribution in [0, 0.1) is 10.1 Å². The van der Waals surface area contributed by atoms with Gasteiger partial charge in [-0.25, -0.2) is 4.98 Å². The lowest BCUT2D eigenvalue weighted by atomic mass is 10.2. The zero-order valence-electron chi connectivity index (χ0n) is 9.94. The molecule has 5 nitrogen and oxygen atoms in total. The first-order valence-electron chi connectivity index (χ1n) is 5.46. The maximum Gasteiger partial charge on any atom is 0.311 e. The van der Waals surface area contributed by atoms with E-state index in [0.717, 1.165) is 0 Å². The van der Waals surface area contributed by atoms with E-state index in [9.17, 15) is 10.1 Å². The number of hydrogen-bond donors (Lipinski definition) is 1. The SMILES string of the molecule is O=[N+]([O-])c1ccc(Cl)nc1NCc1cc(Cl)ccc1Cl. The van der Waals surface area contributed by atoms with Crippen molar-refractivity contribution in [2.45, 2.75) is 6.54 Å². The first-order valence-corrected chi connectivity index (χ1v) is 6.59. The summed E-state index contributed by atoms with van der Waals surface area (Å²) in [4.78, 5) is 14.3. The van der Waals surface area contributed by atoms with Gasteiger partial charge in [0.2, 0.25) is 5.82 Å². The second-order valence-electron chi connectivity index (χ2n) is 3.85. The van der Waals surface area contributed by atoms with Crippen LogP contribution in [-0.4, -0.2) is 9.91 Å². The third-order valence-electron chi connectivity index (χ3n) is 2.49. The van der Waals surface area contributed by atoms with E-state index in [1.165, 1.54) is 12.1 Å². The molecule has 2 rings (SSSR count). The Morgan fingerprint density at radius 3 is 2.65 bits per heavy atom. The highest BCUT2D eigenvalue weighted by atomic mass is 35.5. The largest absolute Gasteiger partial charge is 0.360 e. The molecule has 0 bridgehead atoms. The molecular formula is C12H8Cl3N3O2. The van der Waals surface area contributed by atoms with Crippen LogP contribution in [0.1, 0.15) is 5.56 Å². The number of hydrogen-bond acceptors (Lipinski definition) is 4. The number of anilines is 1. The molecule has 0 aliphatic carbocycles. The van der Waals surface area contributed by atoms with Gasteiger partial charge in [-0.1, -0.05) is 34.8 Å². The molecule has 1 heterocycles. The lowest BCUT2D eigenvalue weighted by Gasteiger charge is -2.08. The maximum absolute atomic E-state index is 10.9. The van der Waals surface area contributed by atoms with Gasteiger partial charge in [0.15, 0.2) is 0 Å². The van der Waals surface area contributed by atoms with E-state index >= 15 is 0 Å². The van der Waals surface area contributed by atoms with Gasteiger partial charge in [0.1, 0.15) is 5.15 Å². The van der Waals surface area contributed by atoms with E-state index in [2.05, 4.69) is 10.3 Å². The molecule has 0 atom stereocenters. The molecule has 8 heteroatoms. The van der Waals surface area contributed by atoms with Gasteiger partial charge in [0.25, 0.3) is 0 Å². The lowest BCUT2D eigenvalue weighted by molar-refractivity contribution is -0.384. The summed E-state index contributed by atoms with van der Waals surface area (Å²) in [5.74, 6) is 0.0820. The Labute approximate surface area is 129 Å². The molecule has 0 saturated carbocycles. The average molecular weight is 333 g/mol. The van der Waals surface area contributed by atoms with E-state index in [1.54, 1.807) is 18.2 Å². The van der Waals surface area contributed by atoms with Crippen LogP contribution in [0.2, 0.25) is 15.2 Å². The lowest BCUT2D eigenvalue weighted by Crippen LogP contribution is -2.05. The number of nitrogens with one attached hydrogen (secondary N) is 1. The number of nitrogens with zero attached hydrogens (tertiary/aromatic N) is 2. The van der Waals surface area contributed by atoms with E-state index in [1.807, 2.05) is 0 Å². The van der Waals surface area contributed by atoms with Crippen LogP contribution in [0.5, 0.6) is 0 Å². The standard InChI is InChI=1S/C12H8Cl3N3O2/c13-8-1-2-9(14)7(5-8)6-16-12-10(18(19)20)3-4-11(15)17-12/h1-5H,6H2,(H,16,17).